The van der Waals surface area contributed by atoms with E-state index >= 15 is 0 Å². The molecule has 3 heterocycles. The van der Waals surface area contributed by atoms with Crippen molar-refractivity contribution in [1.29, 1.82) is 0 Å². The zero-order chi connectivity index (χ0) is 14.7. The van der Waals surface area contributed by atoms with E-state index in [1.54, 1.807) is 6.34 Å². The van der Waals surface area contributed by atoms with E-state index in [0.717, 1.165) is 38.3 Å². The summed E-state index contributed by atoms with van der Waals surface area (Å²) in [6.45, 7) is 6.02. The molecule has 0 amide bonds. The quantitative estimate of drug-likeness (QED) is 0.859. The summed E-state index contributed by atoms with van der Waals surface area (Å²) in [5.41, 5.74) is 4.03. The second kappa shape index (κ2) is 6.49. The second-order valence-electron chi connectivity index (χ2n) is 5.50. The number of likely N-dealkylation sites (tertiary alicyclic amines) is 1. The predicted octanol–water partition coefficient (Wildman–Crippen LogP) is 1.62. The predicted molar refractivity (Wildman–Crippen MR) is 83.7 cm³/mol. The highest BCUT2D eigenvalue weighted by Crippen LogP contribution is 2.24. The minimum absolute atomic E-state index is 0.380. The van der Waals surface area contributed by atoms with Gasteiger partial charge in [0.1, 0.15) is 11.5 Å². The molecule has 2 aliphatic heterocycles. The summed E-state index contributed by atoms with van der Waals surface area (Å²) in [5, 5.41) is 7.00. The maximum absolute atomic E-state index is 6.37. The lowest BCUT2D eigenvalue weighted by Crippen LogP contribution is -2.53. The van der Waals surface area contributed by atoms with Crippen LogP contribution in [0.15, 0.2) is 34.3 Å². The smallest absolute Gasteiger partial charge is 0.145 e. The standard InChI is InChI=1S/C14H21ClN6/c1-12-14(15)21(18-11-16-12)13-4-2-6-19(10-13)8-9-20-7-3-5-17-20/h3,5,7,11,13H,2,4,6,8-10H2,1H3,(H,16,18)/t13-/m1/s1. The third-order valence-corrected chi connectivity index (χ3v) is 4.47. The molecule has 6 nitrogen and oxygen atoms in total. The van der Waals surface area contributed by atoms with Crippen LogP contribution in [0.5, 0.6) is 0 Å². The number of nitrogens with zero attached hydrogens (tertiary/aromatic N) is 5. The number of aliphatic imine (C=N–C) groups is 1. The Bertz CT molecular complexity index is 524. The summed E-state index contributed by atoms with van der Waals surface area (Å²) in [4.78, 5) is 6.66. The fourth-order valence-electron chi connectivity index (χ4n) is 2.86. The lowest BCUT2D eigenvalue weighted by molar-refractivity contribution is 0.106. The van der Waals surface area contributed by atoms with Gasteiger partial charge in [-0.05, 0) is 32.4 Å². The molecule has 0 radical (unpaired) electrons. The first-order valence-corrected chi connectivity index (χ1v) is 7.76. The van der Waals surface area contributed by atoms with E-state index in [-0.39, 0.29) is 0 Å². The monoisotopic (exact) mass is 308 g/mol. The first-order valence-electron chi connectivity index (χ1n) is 7.38. The molecule has 0 bridgehead atoms. The normalized spacial score (nSPS) is 23.5. The fourth-order valence-corrected chi connectivity index (χ4v) is 3.10. The highest BCUT2D eigenvalue weighted by Gasteiger charge is 2.28. The van der Waals surface area contributed by atoms with Crippen molar-refractivity contribution in [2.75, 3.05) is 19.6 Å². The minimum Gasteiger partial charge on any atom is -0.299 e. The van der Waals surface area contributed by atoms with Crippen molar-refractivity contribution >= 4 is 17.9 Å². The molecule has 0 saturated carbocycles. The molecular weight excluding hydrogens is 288 g/mol. The molecule has 1 aromatic heterocycles. The van der Waals surface area contributed by atoms with Gasteiger partial charge in [-0.3, -0.25) is 20.0 Å². The van der Waals surface area contributed by atoms with Crippen molar-refractivity contribution in [3.8, 4) is 0 Å². The Morgan fingerprint density at radius 1 is 1.43 bits per heavy atom. The van der Waals surface area contributed by atoms with Gasteiger partial charge in [-0.1, -0.05) is 11.6 Å². The van der Waals surface area contributed by atoms with Gasteiger partial charge in [0, 0.05) is 25.5 Å². The molecular formula is C14H21ClN6. The molecule has 1 fully saturated rings. The summed E-state index contributed by atoms with van der Waals surface area (Å²) in [7, 11) is 0. The van der Waals surface area contributed by atoms with Crippen LogP contribution in [0.4, 0.5) is 0 Å². The Morgan fingerprint density at radius 2 is 2.33 bits per heavy atom. The van der Waals surface area contributed by atoms with Crippen molar-refractivity contribution in [3.05, 3.63) is 29.3 Å². The van der Waals surface area contributed by atoms with Crippen LogP contribution in [0.3, 0.4) is 0 Å². The number of hydrogen-bond acceptors (Lipinski definition) is 5. The van der Waals surface area contributed by atoms with Gasteiger partial charge in [0.05, 0.1) is 18.3 Å². The molecule has 0 aromatic carbocycles. The van der Waals surface area contributed by atoms with Crippen LogP contribution in [-0.2, 0) is 6.54 Å². The molecule has 1 saturated heterocycles. The fraction of sp³-hybridized carbons (Fsp3) is 0.571. The van der Waals surface area contributed by atoms with Gasteiger partial charge in [0.25, 0.3) is 0 Å². The van der Waals surface area contributed by atoms with Crippen molar-refractivity contribution < 1.29 is 0 Å². The van der Waals surface area contributed by atoms with Gasteiger partial charge in [0.2, 0.25) is 0 Å². The van der Waals surface area contributed by atoms with Crippen LogP contribution in [0, 0.1) is 0 Å². The van der Waals surface area contributed by atoms with E-state index in [1.807, 2.05) is 35.1 Å². The molecule has 114 valence electrons. The Hall–Kier alpha value is -1.53. The molecule has 3 rings (SSSR count). The molecule has 21 heavy (non-hydrogen) atoms. The Kier molecular flexibility index (Phi) is 4.45. The SMILES string of the molecule is CC1=C(Cl)N([C@@H]2CCCN(CCn3cccn3)C2)NC=N1. The van der Waals surface area contributed by atoms with Crippen molar-refractivity contribution in [2.45, 2.75) is 32.4 Å². The maximum Gasteiger partial charge on any atom is 0.145 e. The molecule has 2 aliphatic rings. The van der Waals surface area contributed by atoms with Crippen LogP contribution >= 0.6 is 11.6 Å². The Labute approximate surface area is 130 Å². The van der Waals surface area contributed by atoms with E-state index in [9.17, 15) is 0 Å². The van der Waals surface area contributed by atoms with Crippen molar-refractivity contribution in [1.82, 2.24) is 25.1 Å². The number of halogens is 1. The third-order valence-electron chi connectivity index (χ3n) is 4.02. The minimum atomic E-state index is 0.380. The van der Waals surface area contributed by atoms with Crippen molar-refractivity contribution in [2.24, 2.45) is 4.99 Å². The van der Waals surface area contributed by atoms with E-state index in [1.165, 1.54) is 6.42 Å². The van der Waals surface area contributed by atoms with Gasteiger partial charge in [-0.15, -0.1) is 0 Å². The molecule has 1 N–H and O–H groups in total. The number of aromatic nitrogens is 2. The maximum atomic E-state index is 6.37. The Morgan fingerprint density at radius 3 is 3.14 bits per heavy atom. The second-order valence-corrected chi connectivity index (χ2v) is 5.86. The number of hydrogen-bond donors (Lipinski definition) is 1. The molecule has 0 unspecified atom stereocenters. The van der Waals surface area contributed by atoms with Crippen molar-refractivity contribution in [3.63, 3.8) is 0 Å². The van der Waals surface area contributed by atoms with Crippen LogP contribution in [0.25, 0.3) is 0 Å². The first-order chi connectivity index (χ1) is 10.2. The van der Waals surface area contributed by atoms with E-state index in [4.69, 9.17) is 11.6 Å². The number of hydrazine groups is 1. The van der Waals surface area contributed by atoms with Gasteiger partial charge < -0.3 is 0 Å². The topological polar surface area (TPSA) is 48.7 Å². The molecule has 1 aromatic rings. The number of rotatable bonds is 4. The lowest BCUT2D eigenvalue weighted by Gasteiger charge is -2.40. The number of piperidine rings is 1. The molecule has 0 aliphatic carbocycles. The van der Waals surface area contributed by atoms with Crippen LogP contribution < -0.4 is 5.43 Å². The summed E-state index contributed by atoms with van der Waals surface area (Å²) < 4.78 is 1.98. The lowest BCUT2D eigenvalue weighted by atomic mass is 10.1. The summed E-state index contributed by atoms with van der Waals surface area (Å²) >= 11 is 6.37. The molecule has 1 atom stereocenters. The molecule has 0 spiro atoms. The van der Waals surface area contributed by atoms with Gasteiger partial charge in [-0.2, -0.15) is 5.10 Å². The van der Waals surface area contributed by atoms with Gasteiger partial charge >= 0.3 is 0 Å². The van der Waals surface area contributed by atoms with Crippen LogP contribution in [0.1, 0.15) is 19.8 Å². The summed E-state index contributed by atoms with van der Waals surface area (Å²) in [6, 6.07) is 2.34. The highest BCUT2D eigenvalue weighted by atomic mass is 35.5. The average Bonchev–Trinajstić information content (AvgIpc) is 3.02. The average molecular weight is 309 g/mol. The summed E-state index contributed by atoms with van der Waals surface area (Å²) in [6.07, 6.45) is 7.87. The number of nitrogens with one attached hydrogen (secondary N) is 1. The largest absolute Gasteiger partial charge is 0.299 e. The van der Waals surface area contributed by atoms with E-state index in [0.29, 0.717) is 11.2 Å². The zero-order valence-electron chi connectivity index (χ0n) is 12.2. The highest BCUT2D eigenvalue weighted by molar-refractivity contribution is 6.29. The molecule has 7 heteroatoms. The van der Waals surface area contributed by atoms with E-state index < -0.39 is 0 Å². The van der Waals surface area contributed by atoms with Crippen LogP contribution in [-0.4, -0.2) is 51.7 Å². The van der Waals surface area contributed by atoms with Gasteiger partial charge in [-0.25, -0.2) is 4.99 Å². The van der Waals surface area contributed by atoms with E-state index in [2.05, 4.69) is 20.4 Å². The zero-order valence-corrected chi connectivity index (χ0v) is 13.0. The Balaban J connectivity index is 1.57. The van der Waals surface area contributed by atoms with Gasteiger partial charge in [0.15, 0.2) is 0 Å². The first kappa shape index (κ1) is 14.4. The number of allylic oxidation sites excluding steroid dienone is 1. The van der Waals surface area contributed by atoms with Crippen LogP contribution in [0.2, 0.25) is 0 Å². The third kappa shape index (κ3) is 3.39. The summed E-state index contributed by atoms with van der Waals surface area (Å²) in [5.74, 6) is 0.